The number of nitro groups is 1. The van der Waals surface area contributed by atoms with E-state index >= 15 is 0 Å². The molecule has 0 unspecified atom stereocenters. The minimum absolute atomic E-state index is 0.131. The molecule has 33 heavy (non-hydrogen) atoms. The highest BCUT2D eigenvalue weighted by Crippen LogP contribution is 2.22. The Hall–Kier alpha value is -3.64. The summed E-state index contributed by atoms with van der Waals surface area (Å²) in [6.45, 7) is 4.23. The number of piperazine rings is 1. The number of nitro benzene ring substituents is 1. The van der Waals surface area contributed by atoms with Crippen LogP contribution in [0, 0.1) is 17.0 Å². The van der Waals surface area contributed by atoms with E-state index in [0.29, 0.717) is 50.0 Å². The van der Waals surface area contributed by atoms with Crippen LogP contribution in [0.5, 0.6) is 0 Å². The Morgan fingerprint density at radius 3 is 2.73 bits per heavy atom. The zero-order valence-electron chi connectivity index (χ0n) is 17.9. The Kier molecular flexibility index (Phi) is 6.75. The molecule has 1 aliphatic heterocycles. The molecule has 3 aromatic rings. The van der Waals surface area contributed by atoms with Gasteiger partial charge in [-0.15, -0.1) is 11.3 Å². The molecular weight excluding hydrogens is 448 g/mol. The molecule has 2 amide bonds. The number of amides is 2. The van der Waals surface area contributed by atoms with Gasteiger partial charge in [0.2, 0.25) is 17.6 Å². The maximum atomic E-state index is 12.5. The van der Waals surface area contributed by atoms with Gasteiger partial charge in [-0.05, 0) is 24.4 Å². The van der Waals surface area contributed by atoms with Crippen LogP contribution in [0.1, 0.15) is 21.8 Å². The van der Waals surface area contributed by atoms with E-state index in [-0.39, 0.29) is 23.7 Å². The molecule has 12 heteroatoms. The maximum Gasteiger partial charge on any atom is 0.273 e. The first-order chi connectivity index (χ1) is 15.9. The van der Waals surface area contributed by atoms with E-state index in [4.69, 9.17) is 4.52 Å². The van der Waals surface area contributed by atoms with Gasteiger partial charge >= 0.3 is 0 Å². The van der Waals surface area contributed by atoms with E-state index in [1.54, 1.807) is 23.2 Å². The Morgan fingerprint density at radius 1 is 1.24 bits per heavy atom. The van der Waals surface area contributed by atoms with Crippen molar-refractivity contribution in [3.8, 4) is 10.7 Å². The Labute approximate surface area is 193 Å². The molecule has 1 N–H and O–H groups in total. The van der Waals surface area contributed by atoms with Gasteiger partial charge in [0.25, 0.3) is 11.6 Å². The average Bonchev–Trinajstić information content (AvgIpc) is 3.50. The quantitative estimate of drug-likeness (QED) is 0.410. The third-order valence-electron chi connectivity index (χ3n) is 5.36. The van der Waals surface area contributed by atoms with Crippen LogP contribution in [0.3, 0.4) is 0 Å². The second kappa shape index (κ2) is 9.88. The molecule has 0 saturated carbocycles. The van der Waals surface area contributed by atoms with E-state index in [1.807, 2.05) is 17.5 Å². The molecule has 2 aromatic heterocycles. The van der Waals surface area contributed by atoms with Gasteiger partial charge in [-0.25, -0.2) is 0 Å². The number of hydrogen-bond acceptors (Lipinski definition) is 9. The highest BCUT2D eigenvalue weighted by molar-refractivity contribution is 7.13. The fraction of sp³-hybridized carbons (Fsp3) is 0.333. The highest BCUT2D eigenvalue weighted by atomic mass is 32.1. The fourth-order valence-corrected chi connectivity index (χ4v) is 4.14. The zero-order valence-corrected chi connectivity index (χ0v) is 18.7. The molecule has 1 aromatic carbocycles. The SMILES string of the molecule is Cc1ccc(C(=O)NCC(=O)N2CCN(Cc3nc(-c4cccs4)no3)CC2)cc1[N+](=O)[O-]. The maximum absolute atomic E-state index is 12.5. The number of aromatic nitrogens is 2. The monoisotopic (exact) mass is 470 g/mol. The third-order valence-corrected chi connectivity index (χ3v) is 6.23. The van der Waals surface area contributed by atoms with Crippen LogP contribution in [0.15, 0.2) is 40.2 Å². The molecule has 0 spiro atoms. The normalized spacial score (nSPS) is 14.3. The number of rotatable bonds is 7. The minimum Gasteiger partial charge on any atom is -0.343 e. The molecule has 3 heterocycles. The van der Waals surface area contributed by atoms with Crippen molar-refractivity contribution in [3.05, 3.63) is 62.8 Å². The van der Waals surface area contributed by atoms with Crippen LogP contribution in [0.25, 0.3) is 10.7 Å². The van der Waals surface area contributed by atoms with Gasteiger partial charge in [0.15, 0.2) is 0 Å². The van der Waals surface area contributed by atoms with Gasteiger partial charge in [0.05, 0.1) is 22.9 Å². The Balaban J connectivity index is 1.24. The van der Waals surface area contributed by atoms with Crippen LogP contribution < -0.4 is 5.32 Å². The summed E-state index contributed by atoms with van der Waals surface area (Å²) in [5.41, 5.74) is 0.481. The summed E-state index contributed by atoms with van der Waals surface area (Å²) in [4.78, 5) is 44.5. The van der Waals surface area contributed by atoms with Crippen molar-refractivity contribution >= 4 is 28.8 Å². The lowest BCUT2D eigenvalue weighted by atomic mass is 10.1. The molecule has 1 fully saturated rings. The molecule has 4 rings (SSSR count). The van der Waals surface area contributed by atoms with Crippen molar-refractivity contribution in [2.45, 2.75) is 13.5 Å². The first kappa shape index (κ1) is 22.6. The van der Waals surface area contributed by atoms with Gasteiger partial charge < -0.3 is 14.7 Å². The summed E-state index contributed by atoms with van der Waals surface area (Å²) in [6.07, 6.45) is 0. The molecule has 0 aliphatic carbocycles. The smallest absolute Gasteiger partial charge is 0.273 e. The Morgan fingerprint density at radius 2 is 2.03 bits per heavy atom. The van der Waals surface area contributed by atoms with Gasteiger partial charge in [0.1, 0.15) is 0 Å². The van der Waals surface area contributed by atoms with Crippen molar-refractivity contribution in [2.24, 2.45) is 0 Å². The van der Waals surface area contributed by atoms with Crippen molar-refractivity contribution < 1.29 is 19.0 Å². The van der Waals surface area contributed by atoms with Crippen LogP contribution in [0.4, 0.5) is 5.69 Å². The van der Waals surface area contributed by atoms with Crippen LogP contribution in [-0.2, 0) is 11.3 Å². The topological polar surface area (TPSA) is 135 Å². The molecular formula is C21H22N6O5S. The van der Waals surface area contributed by atoms with Crippen LogP contribution in [-0.4, -0.2) is 69.4 Å². The lowest BCUT2D eigenvalue weighted by Gasteiger charge is -2.34. The fourth-order valence-electron chi connectivity index (χ4n) is 3.49. The molecule has 0 bridgehead atoms. The van der Waals surface area contributed by atoms with E-state index in [0.717, 1.165) is 4.88 Å². The summed E-state index contributed by atoms with van der Waals surface area (Å²) in [6, 6.07) is 8.10. The minimum atomic E-state index is -0.534. The number of thiophene rings is 1. The van der Waals surface area contributed by atoms with Gasteiger partial charge in [0, 0.05) is 43.4 Å². The van der Waals surface area contributed by atoms with Crippen LogP contribution in [0.2, 0.25) is 0 Å². The molecule has 0 atom stereocenters. The van der Waals surface area contributed by atoms with Gasteiger partial charge in [-0.2, -0.15) is 4.98 Å². The number of nitrogens with zero attached hydrogens (tertiary/aromatic N) is 5. The first-order valence-corrected chi connectivity index (χ1v) is 11.2. The molecule has 11 nitrogen and oxygen atoms in total. The predicted molar refractivity (Wildman–Crippen MR) is 120 cm³/mol. The number of nitrogens with one attached hydrogen (secondary N) is 1. The van der Waals surface area contributed by atoms with E-state index in [9.17, 15) is 19.7 Å². The number of hydrogen-bond donors (Lipinski definition) is 1. The second-order valence-corrected chi connectivity index (χ2v) is 8.53. The van der Waals surface area contributed by atoms with Crippen molar-refractivity contribution in [1.82, 2.24) is 25.3 Å². The lowest BCUT2D eigenvalue weighted by molar-refractivity contribution is -0.385. The van der Waals surface area contributed by atoms with E-state index < -0.39 is 10.8 Å². The number of carbonyl (C=O) groups is 2. The zero-order chi connectivity index (χ0) is 23.4. The van der Waals surface area contributed by atoms with E-state index in [1.165, 1.54) is 18.2 Å². The average molecular weight is 471 g/mol. The second-order valence-electron chi connectivity index (χ2n) is 7.59. The first-order valence-electron chi connectivity index (χ1n) is 10.3. The molecule has 1 aliphatic rings. The van der Waals surface area contributed by atoms with Gasteiger partial charge in [-0.1, -0.05) is 17.3 Å². The highest BCUT2D eigenvalue weighted by Gasteiger charge is 2.23. The van der Waals surface area contributed by atoms with Crippen molar-refractivity contribution in [1.29, 1.82) is 0 Å². The standard InChI is InChI=1S/C21H22N6O5S/c1-14-4-5-15(11-16(14)27(30)31)21(29)22-12-19(28)26-8-6-25(7-9-26)13-18-23-20(24-32-18)17-3-2-10-33-17/h2-5,10-11H,6-9,12-13H2,1H3,(H,22,29). The number of benzene rings is 1. The molecule has 1 saturated heterocycles. The van der Waals surface area contributed by atoms with Gasteiger partial charge in [-0.3, -0.25) is 24.6 Å². The summed E-state index contributed by atoms with van der Waals surface area (Å²) in [5.74, 6) is 0.367. The summed E-state index contributed by atoms with van der Waals surface area (Å²) >= 11 is 1.54. The number of carbonyl (C=O) groups excluding carboxylic acids is 2. The largest absolute Gasteiger partial charge is 0.343 e. The van der Waals surface area contributed by atoms with Crippen molar-refractivity contribution in [2.75, 3.05) is 32.7 Å². The number of aryl methyl sites for hydroxylation is 1. The summed E-state index contributed by atoms with van der Waals surface area (Å²) in [7, 11) is 0. The third kappa shape index (κ3) is 5.41. The van der Waals surface area contributed by atoms with Crippen LogP contribution >= 0.6 is 11.3 Å². The molecule has 172 valence electrons. The van der Waals surface area contributed by atoms with Crippen molar-refractivity contribution in [3.63, 3.8) is 0 Å². The summed E-state index contributed by atoms with van der Waals surface area (Å²) in [5, 5.41) is 19.6. The molecule has 0 radical (unpaired) electrons. The lowest BCUT2D eigenvalue weighted by Crippen LogP contribution is -2.50. The predicted octanol–water partition coefficient (Wildman–Crippen LogP) is 2.09. The summed E-state index contributed by atoms with van der Waals surface area (Å²) < 4.78 is 5.34. The van der Waals surface area contributed by atoms with E-state index in [2.05, 4.69) is 20.4 Å². The Bertz CT molecular complexity index is 1150.